The van der Waals surface area contributed by atoms with Gasteiger partial charge in [0.25, 0.3) is 0 Å². The van der Waals surface area contributed by atoms with E-state index in [1.165, 1.54) is 55.7 Å². The molecule has 0 fully saturated rings. The normalized spacial score (nSPS) is 14.5. The van der Waals surface area contributed by atoms with Gasteiger partial charge < -0.3 is 0 Å². The Hall–Kier alpha value is -3.64. The molecule has 2 aliphatic rings. The monoisotopic (exact) mass is 424 g/mol. The average Bonchev–Trinajstić information content (AvgIpc) is 3.50. The number of benzene rings is 4. The Labute approximate surface area is 196 Å². The first kappa shape index (κ1) is 20.0. The topological polar surface area (TPSA) is 0 Å². The second-order valence-electron chi connectivity index (χ2n) is 9.66. The van der Waals surface area contributed by atoms with E-state index in [9.17, 15) is 0 Å². The van der Waals surface area contributed by atoms with Gasteiger partial charge in [-0.15, -0.1) is 0 Å². The van der Waals surface area contributed by atoms with Crippen molar-refractivity contribution in [1.82, 2.24) is 0 Å². The van der Waals surface area contributed by atoms with Crippen LogP contribution >= 0.6 is 0 Å². The van der Waals surface area contributed by atoms with Crippen LogP contribution in [-0.4, -0.2) is 0 Å². The van der Waals surface area contributed by atoms with Gasteiger partial charge in [-0.05, 0) is 68.5 Å². The maximum atomic E-state index is 2.47. The van der Waals surface area contributed by atoms with E-state index in [1.807, 2.05) is 0 Å². The number of hydrogen-bond donors (Lipinski definition) is 0. The molecule has 0 radical (unpaired) electrons. The van der Waals surface area contributed by atoms with Crippen LogP contribution in [0, 0.1) is 5.41 Å². The van der Waals surface area contributed by atoms with Gasteiger partial charge in [-0.25, -0.2) is 0 Å². The van der Waals surface area contributed by atoms with Crippen LogP contribution in [0.5, 0.6) is 0 Å². The van der Waals surface area contributed by atoms with Crippen molar-refractivity contribution in [3.05, 3.63) is 131 Å². The Morgan fingerprint density at radius 3 is 1.27 bits per heavy atom. The molecule has 0 aromatic heterocycles. The van der Waals surface area contributed by atoms with Crippen molar-refractivity contribution in [3.63, 3.8) is 0 Å². The minimum absolute atomic E-state index is 0.0544. The molecule has 0 atom stereocenters. The lowest BCUT2D eigenvalue weighted by Gasteiger charge is -2.30. The third-order valence-corrected chi connectivity index (χ3v) is 7.47. The zero-order chi connectivity index (χ0) is 22.4. The molecule has 0 N–H and O–H groups in total. The molecule has 0 saturated heterocycles. The lowest BCUT2D eigenvalue weighted by molar-refractivity contribution is 0.675. The van der Waals surface area contributed by atoms with E-state index in [-0.39, 0.29) is 5.41 Å². The van der Waals surface area contributed by atoms with E-state index in [2.05, 4.69) is 123 Å². The molecular formula is C33H28. The van der Waals surface area contributed by atoms with Crippen molar-refractivity contribution >= 4 is 11.1 Å². The summed E-state index contributed by atoms with van der Waals surface area (Å²) >= 11 is 0. The summed E-state index contributed by atoms with van der Waals surface area (Å²) in [5.74, 6) is 0. The lowest BCUT2D eigenvalue weighted by Crippen LogP contribution is -2.15. The lowest BCUT2D eigenvalue weighted by atomic mass is 9.73. The van der Waals surface area contributed by atoms with Crippen molar-refractivity contribution in [3.8, 4) is 22.3 Å². The summed E-state index contributed by atoms with van der Waals surface area (Å²) in [5.41, 5.74) is 13.9. The van der Waals surface area contributed by atoms with Gasteiger partial charge in [-0.3, -0.25) is 0 Å². The third-order valence-electron chi connectivity index (χ3n) is 7.47. The molecule has 0 amide bonds. The van der Waals surface area contributed by atoms with Crippen molar-refractivity contribution in [1.29, 1.82) is 0 Å². The Bertz CT molecular complexity index is 1290. The number of hydrogen-bond acceptors (Lipinski definition) is 0. The zero-order valence-electron chi connectivity index (χ0n) is 19.3. The van der Waals surface area contributed by atoms with E-state index in [0.29, 0.717) is 0 Å². The van der Waals surface area contributed by atoms with Crippen LogP contribution in [0.4, 0.5) is 0 Å². The third kappa shape index (κ3) is 3.21. The van der Waals surface area contributed by atoms with Gasteiger partial charge in [0.05, 0.1) is 0 Å². The van der Waals surface area contributed by atoms with Crippen LogP contribution < -0.4 is 0 Å². The first-order valence-electron chi connectivity index (χ1n) is 11.9. The molecule has 0 unspecified atom stereocenters. The molecular weight excluding hydrogens is 396 g/mol. The van der Waals surface area contributed by atoms with Crippen LogP contribution in [0.25, 0.3) is 33.4 Å². The molecule has 0 bridgehead atoms. The fourth-order valence-electron chi connectivity index (χ4n) is 5.85. The molecule has 0 heteroatoms. The predicted molar refractivity (Wildman–Crippen MR) is 141 cm³/mol. The van der Waals surface area contributed by atoms with Crippen LogP contribution in [0.3, 0.4) is 0 Å². The fourth-order valence-corrected chi connectivity index (χ4v) is 5.85. The molecule has 2 aliphatic carbocycles. The Morgan fingerprint density at radius 1 is 0.455 bits per heavy atom. The quantitative estimate of drug-likeness (QED) is 0.307. The molecule has 0 nitrogen and oxygen atoms in total. The highest BCUT2D eigenvalue weighted by atomic mass is 14.4. The van der Waals surface area contributed by atoms with Gasteiger partial charge in [0, 0.05) is 5.41 Å². The Balaban J connectivity index is 1.41. The second kappa shape index (κ2) is 7.74. The highest BCUT2D eigenvalue weighted by Crippen LogP contribution is 2.53. The second-order valence-corrected chi connectivity index (χ2v) is 9.66. The molecule has 4 aromatic rings. The van der Waals surface area contributed by atoms with Crippen LogP contribution in [-0.2, 0) is 12.8 Å². The molecule has 160 valence electrons. The molecule has 6 rings (SSSR count). The largest absolute Gasteiger partial charge is 0.0754 e. The minimum Gasteiger partial charge on any atom is -0.0754 e. The highest BCUT2D eigenvalue weighted by molar-refractivity contribution is 5.94. The first-order chi connectivity index (χ1) is 16.1. The summed E-state index contributed by atoms with van der Waals surface area (Å²) in [6, 6.07) is 35.2. The van der Waals surface area contributed by atoms with E-state index in [4.69, 9.17) is 0 Å². The molecule has 0 spiro atoms. The maximum absolute atomic E-state index is 2.47. The maximum Gasteiger partial charge on any atom is 0.0152 e. The summed E-state index contributed by atoms with van der Waals surface area (Å²) < 4.78 is 0. The molecule has 0 heterocycles. The number of allylic oxidation sites excluding steroid dienone is 4. The van der Waals surface area contributed by atoms with Gasteiger partial charge in [0.2, 0.25) is 0 Å². The van der Waals surface area contributed by atoms with Crippen molar-refractivity contribution in [2.45, 2.75) is 26.7 Å². The van der Waals surface area contributed by atoms with Crippen molar-refractivity contribution in [2.75, 3.05) is 0 Å². The van der Waals surface area contributed by atoms with Crippen LogP contribution in [0.1, 0.15) is 36.1 Å². The molecule has 33 heavy (non-hydrogen) atoms. The Morgan fingerprint density at radius 2 is 0.848 bits per heavy atom. The average molecular weight is 425 g/mol. The summed E-state index contributed by atoms with van der Waals surface area (Å²) in [5, 5.41) is 0. The van der Waals surface area contributed by atoms with E-state index in [0.717, 1.165) is 12.8 Å². The SMILES string of the molecule is CC(C)(C1=CCc2c1cccc2-c1ccccc1)C1=CCc2c1cccc2-c1ccccc1. The van der Waals surface area contributed by atoms with E-state index < -0.39 is 0 Å². The summed E-state index contributed by atoms with van der Waals surface area (Å²) in [6.45, 7) is 4.80. The molecule has 4 aromatic carbocycles. The van der Waals surface area contributed by atoms with Gasteiger partial charge in [-0.2, -0.15) is 0 Å². The first-order valence-corrected chi connectivity index (χ1v) is 11.9. The van der Waals surface area contributed by atoms with Crippen molar-refractivity contribution in [2.24, 2.45) is 5.41 Å². The smallest absolute Gasteiger partial charge is 0.0152 e. The van der Waals surface area contributed by atoms with Crippen LogP contribution in [0.2, 0.25) is 0 Å². The van der Waals surface area contributed by atoms with Gasteiger partial charge in [0.15, 0.2) is 0 Å². The minimum atomic E-state index is -0.0544. The van der Waals surface area contributed by atoms with E-state index >= 15 is 0 Å². The predicted octanol–water partition coefficient (Wildman–Crippen LogP) is 8.63. The van der Waals surface area contributed by atoms with Gasteiger partial charge in [0.1, 0.15) is 0 Å². The van der Waals surface area contributed by atoms with Crippen molar-refractivity contribution < 1.29 is 0 Å². The number of rotatable bonds is 4. The fraction of sp³-hybridized carbons (Fsp3) is 0.152. The molecule has 0 aliphatic heterocycles. The summed E-state index contributed by atoms with van der Waals surface area (Å²) in [4.78, 5) is 0. The Kier molecular flexibility index (Phi) is 4.69. The summed E-state index contributed by atoms with van der Waals surface area (Å²) in [6.07, 6.45) is 6.95. The summed E-state index contributed by atoms with van der Waals surface area (Å²) in [7, 11) is 0. The zero-order valence-corrected chi connectivity index (χ0v) is 19.3. The standard InChI is InChI=1S/C33H28/c1-33(2,31-21-19-27-25(15-9-17-29(27)31)23-11-5-3-6-12-23)32-22-20-28-26(16-10-18-30(28)32)24-13-7-4-8-14-24/h3-18,21-22H,19-20H2,1-2H3. The van der Waals surface area contributed by atoms with Crippen LogP contribution in [0.15, 0.2) is 109 Å². The highest BCUT2D eigenvalue weighted by Gasteiger charge is 2.36. The molecule has 0 saturated carbocycles. The van der Waals surface area contributed by atoms with E-state index in [1.54, 1.807) is 0 Å². The number of fused-ring (bicyclic) bond motifs is 2. The van der Waals surface area contributed by atoms with Gasteiger partial charge >= 0.3 is 0 Å². The van der Waals surface area contributed by atoms with Gasteiger partial charge in [-0.1, -0.05) is 123 Å².